The second-order valence-corrected chi connectivity index (χ2v) is 6.32. The Kier molecular flexibility index (Phi) is 6.04. The van der Waals surface area contributed by atoms with Crippen LogP contribution in [0.25, 0.3) is 0 Å². The minimum absolute atomic E-state index is 0.735. The summed E-state index contributed by atoms with van der Waals surface area (Å²) >= 11 is 0. The Labute approximate surface area is 154 Å². The molecule has 3 rings (SSSR count). The number of hydrogen-bond donors (Lipinski definition) is 2. The highest BCUT2D eigenvalue weighted by Crippen LogP contribution is 2.06. The van der Waals surface area contributed by atoms with Crippen LogP contribution in [0.15, 0.2) is 72.2 Å². The zero-order chi connectivity index (χ0) is 18.2. The maximum Gasteiger partial charge on any atom is 0.191 e. The highest BCUT2D eigenvalue weighted by Gasteiger charge is 2.00. The van der Waals surface area contributed by atoms with Crippen LogP contribution in [0, 0.1) is 6.92 Å². The van der Waals surface area contributed by atoms with Gasteiger partial charge in [-0.1, -0.05) is 54.1 Å². The molecule has 0 fully saturated rings. The Hall–Kier alpha value is -3.08. The van der Waals surface area contributed by atoms with E-state index in [4.69, 9.17) is 0 Å². The van der Waals surface area contributed by atoms with E-state index < -0.39 is 0 Å². The van der Waals surface area contributed by atoms with E-state index in [1.54, 1.807) is 13.2 Å². The number of nitrogens with zero attached hydrogens (tertiary/aromatic N) is 3. The molecule has 26 heavy (non-hydrogen) atoms. The fourth-order valence-corrected chi connectivity index (χ4v) is 2.65. The number of aliphatic imine (C=N–C) groups is 1. The van der Waals surface area contributed by atoms with Crippen LogP contribution in [0.1, 0.15) is 22.3 Å². The maximum absolute atomic E-state index is 4.29. The van der Waals surface area contributed by atoms with Crippen molar-refractivity contribution in [3.8, 4) is 0 Å². The molecule has 1 heterocycles. The topological polar surface area (TPSA) is 54.2 Å². The molecule has 0 aliphatic heterocycles. The van der Waals surface area contributed by atoms with Crippen molar-refractivity contribution in [3.05, 3.63) is 89.5 Å². The molecule has 5 nitrogen and oxygen atoms in total. The average molecular weight is 347 g/mol. The zero-order valence-corrected chi connectivity index (χ0v) is 15.3. The first-order valence-electron chi connectivity index (χ1n) is 8.76. The summed E-state index contributed by atoms with van der Waals surface area (Å²) < 4.78 is 2.06. The molecule has 0 amide bonds. The van der Waals surface area contributed by atoms with E-state index >= 15 is 0 Å². The van der Waals surface area contributed by atoms with E-state index in [0.29, 0.717) is 0 Å². The summed E-state index contributed by atoms with van der Waals surface area (Å²) in [6.07, 6.45) is 5.60. The van der Waals surface area contributed by atoms with Gasteiger partial charge < -0.3 is 15.2 Å². The van der Waals surface area contributed by atoms with Crippen molar-refractivity contribution >= 4 is 5.96 Å². The fraction of sp³-hybridized carbons (Fsp3) is 0.238. The third-order valence-electron chi connectivity index (χ3n) is 4.21. The van der Waals surface area contributed by atoms with Gasteiger partial charge in [-0.15, -0.1) is 0 Å². The van der Waals surface area contributed by atoms with Crippen LogP contribution < -0.4 is 10.6 Å². The van der Waals surface area contributed by atoms with Gasteiger partial charge in [0.25, 0.3) is 0 Å². The van der Waals surface area contributed by atoms with E-state index in [1.165, 1.54) is 22.3 Å². The third-order valence-corrected chi connectivity index (χ3v) is 4.21. The molecule has 134 valence electrons. The highest BCUT2D eigenvalue weighted by atomic mass is 15.2. The number of hydrogen-bond acceptors (Lipinski definition) is 2. The van der Waals surface area contributed by atoms with E-state index in [2.05, 4.69) is 80.6 Å². The lowest BCUT2D eigenvalue weighted by molar-refractivity contribution is 0.792. The quantitative estimate of drug-likeness (QED) is 0.532. The van der Waals surface area contributed by atoms with Crippen molar-refractivity contribution in [2.45, 2.75) is 26.6 Å². The number of aryl methyl sites for hydroxylation is 1. The van der Waals surface area contributed by atoms with Gasteiger partial charge in [0, 0.05) is 39.1 Å². The van der Waals surface area contributed by atoms with Crippen LogP contribution in [0.3, 0.4) is 0 Å². The second-order valence-electron chi connectivity index (χ2n) is 6.32. The first kappa shape index (κ1) is 17.7. The average Bonchev–Trinajstić information content (AvgIpc) is 3.17. The predicted molar refractivity (Wildman–Crippen MR) is 106 cm³/mol. The molecule has 5 heteroatoms. The lowest BCUT2D eigenvalue weighted by Gasteiger charge is -2.12. The van der Waals surface area contributed by atoms with Crippen molar-refractivity contribution in [1.29, 1.82) is 0 Å². The molecule has 2 aromatic carbocycles. The molecule has 0 unspecified atom stereocenters. The first-order chi connectivity index (χ1) is 12.7. The van der Waals surface area contributed by atoms with Gasteiger partial charge in [0.05, 0.1) is 6.33 Å². The molecular weight excluding hydrogens is 322 g/mol. The molecule has 3 aromatic rings. The van der Waals surface area contributed by atoms with Gasteiger partial charge in [0.1, 0.15) is 0 Å². The van der Waals surface area contributed by atoms with Crippen molar-refractivity contribution in [2.75, 3.05) is 7.05 Å². The van der Waals surface area contributed by atoms with Gasteiger partial charge in [-0.3, -0.25) is 4.99 Å². The number of nitrogens with one attached hydrogen (secondary N) is 2. The Morgan fingerprint density at radius 2 is 1.50 bits per heavy atom. The zero-order valence-electron chi connectivity index (χ0n) is 15.3. The number of rotatable bonds is 6. The second kappa shape index (κ2) is 8.85. The fourth-order valence-electron chi connectivity index (χ4n) is 2.65. The normalized spacial score (nSPS) is 11.4. The van der Waals surface area contributed by atoms with E-state index in [1.807, 2.05) is 12.5 Å². The number of guanidine groups is 1. The minimum atomic E-state index is 0.735. The predicted octanol–water partition coefficient (Wildman–Crippen LogP) is 3.11. The van der Waals surface area contributed by atoms with Gasteiger partial charge in [0.15, 0.2) is 5.96 Å². The molecule has 0 atom stereocenters. The molecule has 0 saturated heterocycles. The largest absolute Gasteiger partial charge is 0.352 e. The van der Waals surface area contributed by atoms with Gasteiger partial charge in [-0.25, -0.2) is 4.98 Å². The van der Waals surface area contributed by atoms with E-state index in [-0.39, 0.29) is 0 Å². The standard InChI is InChI=1S/C21H25N5/c1-17-3-5-18(6-4-17)13-24-21(22-2)25-14-19-7-9-20(10-8-19)15-26-12-11-23-16-26/h3-12,16H,13-15H2,1-2H3,(H2,22,24,25). The van der Waals surface area contributed by atoms with E-state index in [0.717, 1.165) is 25.6 Å². The van der Waals surface area contributed by atoms with Crippen LogP contribution in [0.4, 0.5) is 0 Å². The van der Waals surface area contributed by atoms with Crippen LogP contribution in [-0.2, 0) is 19.6 Å². The van der Waals surface area contributed by atoms with Gasteiger partial charge in [-0.05, 0) is 23.6 Å². The van der Waals surface area contributed by atoms with Crippen molar-refractivity contribution in [3.63, 3.8) is 0 Å². The van der Waals surface area contributed by atoms with E-state index in [9.17, 15) is 0 Å². The third kappa shape index (κ3) is 5.21. The Balaban J connectivity index is 1.48. The molecule has 0 radical (unpaired) electrons. The van der Waals surface area contributed by atoms with Gasteiger partial charge >= 0.3 is 0 Å². The summed E-state index contributed by atoms with van der Waals surface area (Å²) in [4.78, 5) is 8.36. The lowest BCUT2D eigenvalue weighted by Crippen LogP contribution is -2.36. The summed E-state index contributed by atoms with van der Waals surface area (Å²) in [5.74, 6) is 0.799. The lowest BCUT2D eigenvalue weighted by atomic mass is 10.1. The van der Waals surface area contributed by atoms with Crippen LogP contribution in [0.5, 0.6) is 0 Å². The smallest absolute Gasteiger partial charge is 0.191 e. The van der Waals surface area contributed by atoms with Gasteiger partial charge in [0.2, 0.25) is 0 Å². The first-order valence-corrected chi connectivity index (χ1v) is 8.76. The molecule has 0 spiro atoms. The molecular formula is C21H25N5. The maximum atomic E-state index is 4.29. The Morgan fingerprint density at radius 3 is 2.04 bits per heavy atom. The monoisotopic (exact) mass is 347 g/mol. The highest BCUT2D eigenvalue weighted by molar-refractivity contribution is 5.79. The summed E-state index contributed by atoms with van der Waals surface area (Å²) in [7, 11) is 1.79. The molecule has 0 saturated carbocycles. The minimum Gasteiger partial charge on any atom is -0.352 e. The van der Waals surface area contributed by atoms with Gasteiger partial charge in [-0.2, -0.15) is 0 Å². The van der Waals surface area contributed by atoms with Crippen molar-refractivity contribution in [2.24, 2.45) is 4.99 Å². The SMILES string of the molecule is CN=C(NCc1ccc(C)cc1)NCc1ccc(Cn2ccnc2)cc1. The molecule has 0 aliphatic carbocycles. The number of imidazole rings is 1. The summed E-state index contributed by atoms with van der Waals surface area (Å²) in [5, 5.41) is 6.70. The number of benzene rings is 2. The molecule has 1 aromatic heterocycles. The van der Waals surface area contributed by atoms with Crippen molar-refractivity contribution < 1.29 is 0 Å². The Bertz CT molecular complexity index is 818. The van der Waals surface area contributed by atoms with Crippen LogP contribution in [0.2, 0.25) is 0 Å². The number of aromatic nitrogens is 2. The van der Waals surface area contributed by atoms with Crippen LogP contribution >= 0.6 is 0 Å². The van der Waals surface area contributed by atoms with Crippen LogP contribution in [-0.4, -0.2) is 22.6 Å². The Morgan fingerprint density at radius 1 is 0.923 bits per heavy atom. The van der Waals surface area contributed by atoms with Crippen molar-refractivity contribution in [1.82, 2.24) is 20.2 Å². The molecule has 2 N–H and O–H groups in total. The summed E-state index contributed by atoms with van der Waals surface area (Å²) in [5.41, 5.74) is 4.99. The summed E-state index contributed by atoms with van der Waals surface area (Å²) in [6.45, 7) is 4.43. The summed E-state index contributed by atoms with van der Waals surface area (Å²) in [6, 6.07) is 17.1. The molecule has 0 bridgehead atoms. The molecule has 0 aliphatic rings.